The maximum atomic E-state index is 12.8. The average molecular weight is 456 g/mol. The van der Waals surface area contributed by atoms with Gasteiger partial charge in [-0.1, -0.05) is 30.7 Å². The number of benzene rings is 2. The zero-order valence-corrected chi connectivity index (χ0v) is 18.8. The average Bonchev–Trinajstić information content (AvgIpc) is 2.85. The van der Waals surface area contributed by atoms with Gasteiger partial charge in [-0.05, 0) is 43.3 Å². The van der Waals surface area contributed by atoms with Crippen molar-refractivity contribution in [1.29, 1.82) is 0 Å². The molecule has 1 N–H and O–H groups in total. The van der Waals surface area contributed by atoms with Gasteiger partial charge in [0.2, 0.25) is 0 Å². The van der Waals surface area contributed by atoms with Gasteiger partial charge in [0.1, 0.15) is 16.9 Å². The second kappa shape index (κ2) is 9.11. The van der Waals surface area contributed by atoms with Gasteiger partial charge < -0.3 is 13.9 Å². The van der Waals surface area contributed by atoms with Crippen molar-refractivity contribution in [3.63, 3.8) is 0 Å². The molecule has 0 amide bonds. The van der Waals surface area contributed by atoms with Gasteiger partial charge in [0.05, 0.1) is 11.1 Å². The zero-order chi connectivity index (χ0) is 23.7. The lowest BCUT2D eigenvalue weighted by Crippen LogP contribution is -2.26. The van der Waals surface area contributed by atoms with Crippen LogP contribution in [-0.4, -0.2) is 35.9 Å². The first-order chi connectivity index (χ1) is 16.5. The van der Waals surface area contributed by atoms with Crippen LogP contribution in [0.1, 0.15) is 18.9 Å². The Morgan fingerprint density at radius 3 is 2.68 bits per heavy atom. The van der Waals surface area contributed by atoms with Gasteiger partial charge in [0.25, 0.3) is 0 Å². The van der Waals surface area contributed by atoms with E-state index < -0.39 is 11.3 Å². The Morgan fingerprint density at radius 1 is 1.03 bits per heavy atom. The number of phenols is 1. The van der Waals surface area contributed by atoms with E-state index in [-0.39, 0.29) is 16.9 Å². The van der Waals surface area contributed by atoms with Crippen molar-refractivity contribution in [2.45, 2.75) is 19.9 Å². The molecule has 172 valence electrons. The summed E-state index contributed by atoms with van der Waals surface area (Å²) in [5, 5.41) is 12.0. The van der Waals surface area contributed by atoms with E-state index in [2.05, 4.69) is 9.89 Å². The largest absolute Gasteiger partial charge is 0.507 e. The molecule has 0 saturated heterocycles. The van der Waals surface area contributed by atoms with Crippen molar-refractivity contribution in [2.75, 3.05) is 19.6 Å². The molecule has 0 atom stereocenters. The third-order valence-electron chi connectivity index (χ3n) is 6.16. The molecule has 7 nitrogen and oxygen atoms in total. The fourth-order valence-electron chi connectivity index (χ4n) is 4.34. The van der Waals surface area contributed by atoms with Crippen LogP contribution in [-0.2, 0) is 6.54 Å². The van der Waals surface area contributed by atoms with Crippen LogP contribution in [0.2, 0.25) is 0 Å². The number of phenolic OH excluding ortho intramolecular Hbond substituents is 1. The summed E-state index contributed by atoms with van der Waals surface area (Å²) in [5.74, 6) is 0.0379. The van der Waals surface area contributed by atoms with Crippen LogP contribution in [0.25, 0.3) is 33.1 Å². The first kappa shape index (κ1) is 21.9. The third kappa shape index (κ3) is 4.18. The van der Waals surface area contributed by atoms with Crippen LogP contribution in [0.5, 0.6) is 5.75 Å². The van der Waals surface area contributed by atoms with Crippen LogP contribution in [0.3, 0.4) is 0 Å². The van der Waals surface area contributed by atoms with Crippen LogP contribution >= 0.6 is 0 Å². The Bertz CT molecular complexity index is 1560. The summed E-state index contributed by atoms with van der Waals surface area (Å²) < 4.78 is 11.1. The van der Waals surface area contributed by atoms with Crippen LogP contribution < -0.4 is 11.3 Å². The summed E-state index contributed by atoms with van der Waals surface area (Å²) >= 11 is 0. The quantitative estimate of drug-likeness (QED) is 0.429. The van der Waals surface area contributed by atoms with Crippen molar-refractivity contribution in [3.05, 3.63) is 86.6 Å². The number of aromatic hydroxyl groups is 1. The molecule has 1 aliphatic heterocycles. The van der Waals surface area contributed by atoms with Crippen molar-refractivity contribution < 1.29 is 13.9 Å². The van der Waals surface area contributed by atoms with E-state index in [1.165, 1.54) is 11.6 Å². The van der Waals surface area contributed by atoms with E-state index in [4.69, 9.17) is 8.83 Å². The summed E-state index contributed by atoms with van der Waals surface area (Å²) in [4.78, 5) is 31.8. The first-order valence-corrected chi connectivity index (χ1v) is 11.3. The maximum Gasteiger partial charge on any atom is 0.344 e. The molecule has 0 fully saturated rings. The number of likely N-dealkylation sites (N-methyl/N-ethyl adjacent to an activating group) is 1. The van der Waals surface area contributed by atoms with E-state index in [9.17, 15) is 14.7 Å². The molecule has 0 bridgehead atoms. The van der Waals surface area contributed by atoms with Gasteiger partial charge in [-0.2, -0.15) is 0 Å². The predicted molar refractivity (Wildman–Crippen MR) is 133 cm³/mol. The molecule has 0 unspecified atom stereocenters. The summed E-state index contributed by atoms with van der Waals surface area (Å²) in [5.41, 5.74) is 2.06. The highest BCUT2D eigenvalue weighted by Crippen LogP contribution is 2.34. The number of allylic oxidation sites excluding steroid dienone is 1. The monoisotopic (exact) mass is 456 g/mol. The molecule has 0 aliphatic carbocycles. The number of hydrogen-bond acceptors (Lipinski definition) is 7. The molecule has 3 heterocycles. The SMILES string of the molecule is CCN(CC1=CC=NCC1)Cc1c(O)ccc2c(-c3cc4ccccc4oc3=O)cc(=O)oc12. The Kier molecular flexibility index (Phi) is 5.86. The molecule has 5 rings (SSSR count). The van der Waals surface area contributed by atoms with Gasteiger partial charge >= 0.3 is 11.3 Å². The topological polar surface area (TPSA) is 96.2 Å². The van der Waals surface area contributed by atoms with Gasteiger partial charge in [-0.25, -0.2) is 9.59 Å². The minimum absolute atomic E-state index is 0.0379. The van der Waals surface area contributed by atoms with Crippen LogP contribution in [0, 0.1) is 0 Å². The standard InChI is InChI=1S/C27H24N2O5/c1-2-29(15-17-9-11-28-12-10-17)16-22-23(30)8-7-19-20(14-25(31)34-26(19)22)21-13-18-5-3-4-6-24(18)33-27(21)32/h3-9,11,13-14,30H,2,10,12,15-16H2,1H3. The molecule has 34 heavy (non-hydrogen) atoms. The summed E-state index contributed by atoms with van der Waals surface area (Å²) in [7, 11) is 0. The maximum absolute atomic E-state index is 12.8. The molecule has 2 aromatic carbocycles. The first-order valence-electron chi connectivity index (χ1n) is 11.3. The lowest BCUT2D eigenvalue weighted by Gasteiger charge is -2.23. The number of dihydropyridines is 1. The minimum Gasteiger partial charge on any atom is -0.507 e. The molecular weight excluding hydrogens is 432 g/mol. The Balaban J connectivity index is 1.63. The van der Waals surface area contributed by atoms with Gasteiger partial charge in [0.15, 0.2) is 0 Å². The Hall–Kier alpha value is -3.97. The smallest absolute Gasteiger partial charge is 0.344 e. The molecule has 2 aromatic heterocycles. The lowest BCUT2D eigenvalue weighted by atomic mass is 9.99. The van der Waals surface area contributed by atoms with Crippen molar-refractivity contribution >= 4 is 28.2 Å². The highest BCUT2D eigenvalue weighted by molar-refractivity contribution is 5.97. The van der Waals surface area contributed by atoms with E-state index in [1.54, 1.807) is 30.3 Å². The third-order valence-corrected chi connectivity index (χ3v) is 6.16. The lowest BCUT2D eigenvalue weighted by molar-refractivity contribution is 0.295. The zero-order valence-electron chi connectivity index (χ0n) is 18.8. The summed E-state index contributed by atoms with van der Waals surface area (Å²) in [6.45, 7) is 4.66. The number of rotatable bonds is 6. The van der Waals surface area contributed by atoms with E-state index in [0.717, 1.165) is 31.4 Å². The van der Waals surface area contributed by atoms with Crippen LogP contribution in [0.15, 0.2) is 83.6 Å². The highest BCUT2D eigenvalue weighted by Gasteiger charge is 2.19. The van der Waals surface area contributed by atoms with Gasteiger partial charge in [0, 0.05) is 48.3 Å². The fourth-order valence-corrected chi connectivity index (χ4v) is 4.34. The minimum atomic E-state index is -0.601. The van der Waals surface area contributed by atoms with Crippen molar-refractivity contribution in [3.8, 4) is 16.9 Å². The second-order valence-electron chi connectivity index (χ2n) is 8.34. The predicted octanol–water partition coefficient (Wildman–Crippen LogP) is 4.49. The van der Waals surface area contributed by atoms with E-state index in [1.807, 2.05) is 31.3 Å². The number of hydrogen-bond donors (Lipinski definition) is 1. The molecular formula is C27H24N2O5. The molecule has 1 aliphatic rings. The molecule has 0 saturated carbocycles. The van der Waals surface area contributed by atoms with Crippen molar-refractivity contribution in [1.82, 2.24) is 4.90 Å². The molecule has 4 aromatic rings. The van der Waals surface area contributed by atoms with Gasteiger partial charge in [-0.15, -0.1) is 0 Å². The Morgan fingerprint density at radius 2 is 1.88 bits per heavy atom. The summed E-state index contributed by atoms with van der Waals surface area (Å²) in [6.07, 6.45) is 4.74. The highest BCUT2D eigenvalue weighted by atomic mass is 16.4. The Labute approximate surface area is 195 Å². The molecule has 7 heteroatoms. The second-order valence-corrected chi connectivity index (χ2v) is 8.34. The molecule has 0 spiro atoms. The van der Waals surface area contributed by atoms with Crippen molar-refractivity contribution in [2.24, 2.45) is 4.99 Å². The fraction of sp³-hybridized carbons (Fsp3) is 0.222. The normalized spacial score (nSPS) is 13.6. The van der Waals surface area contributed by atoms with Crippen LogP contribution in [0.4, 0.5) is 0 Å². The number of fused-ring (bicyclic) bond motifs is 2. The molecule has 0 radical (unpaired) electrons. The van der Waals surface area contributed by atoms with Gasteiger partial charge in [-0.3, -0.25) is 9.89 Å². The van der Waals surface area contributed by atoms with E-state index in [0.29, 0.717) is 28.6 Å². The van der Waals surface area contributed by atoms with E-state index >= 15 is 0 Å². The summed E-state index contributed by atoms with van der Waals surface area (Å²) in [6, 6.07) is 13.5. The number of aliphatic imine (C=N–C) groups is 1. The number of nitrogens with zero attached hydrogens (tertiary/aromatic N) is 2. The number of para-hydroxylation sites is 1.